The zero-order valence-corrected chi connectivity index (χ0v) is 17.0. The van der Waals surface area contributed by atoms with E-state index in [1.807, 2.05) is 85.8 Å². The van der Waals surface area contributed by atoms with Crippen molar-refractivity contribution in [2.45, 2.75) is 19.5 Å². The summed E-state index contributed by atoms with van der Waals surface area (Å²) in [7, 11) is 0. The Labute approximate surface area is 179 Å². The maximum atomic E-state index is 13.5. The Morgan fingerprint density at radius 2 is 1.74 bits per heavy atom. The van der Waals surface area contributed by atoms with Gasteiger partial charge in [-0.15, -0.1) is 10.2 Å². The van der Waals surface area contributed by atoms with E-state index in [9.17, 15) is 4.79 Å². The molecular formula is C24H21N5O2. The average Bonchev–Trinajstić information content (AvgIpc) is 3.27. The fourth-order valence-corrected chi connectivity index (χ4v) is 3.86. The molecule has 0 fully saturated rings. The first-order valence-corrected chi connectivity index (χ1v) is 10.1. The highest BCUT2D eigenvalue weighted by Crippen LogP contribution is 2.39. The maximum Gasteiger partial charge on any atom is 0.251 e. The van der Waals surface area contributed by atoms with Gasteiger partial charge in [0.15, 0.2) is 0 Å². The van der Waals surface area contributed by atoms with E-state index < -0.39 is 0 Å². The summed E-state index contributed by atoms with van der Waals surface area (Å²) in [4.78, 5) is 16.6. The molecule has 0 radical (unpaired) electrons. The third-order valence-corrected chi connectivity index (χ3v) is 5.40. The number of carbonyl (C=O) groups excluding carboxylic acids is 1. The summed E-state index contributed by atoms with van der Waals surface area (Å²) in [6.45, 7) is 2.36. The van der Waals surface area contributed by atoms with Crippen LogP contribution in [0.5, 0.6) is 5.75 Å². The van der Waals surface area contributed by atoms with Crippen LogP contribution >= 0.6 is 0 Å². The summed E-state index contributed by atoms with van der Waals surface area (Å²) in [6, 6.07) is 25.1. The van der Waals surface area contributed by atoms with Gasteiger partial charge in [-0.3, -0.25) is 9.69 Å². The van der Waals surface area contributed by atoms with Crippen LogP contribution in [0.3, 0.4) is 0 Å². The minimum atomic E-state index is -0.233. The van der Waals surface area contributed by atoms with Gasteiger partial charge in [0.1, 0.15) is 18.9 Å². The predicted octanol–water partition coefficient (Wildman–Crippen LogP) is 3.82. The molecule has 7 nitrogen and oxygen atoms in total. The van der Waals surface area contributed by atoms with E-state index in [2.05, 4.69) is 15.4 Å². The van der Waals surface area contributed by atoms with E-state index >= 15 is 0 Å². The zero-order valence-electron chi connectivity index (χ0n) is 17.0. The lowest BCUT2D eigenvalue weighted by Crippen LogP contribution is -2.43. The normalized spacial score (nSPS) is 15.3. The zero-order chi connectivity index (χ0) is 21.2. The van der Waals surface area contributed by atoms with E-state index in [1.165, 1.54) is 4.80 Å². The number of anilines is 1. The quantitative estimate of drug-likeness (QED) is 0.511. The topological polar surface area (TPSA) is 73.1 Å². The fraction of sp³-hybridized carbons (Fsp3) is 0.167. The lowest BCUT2D eigenvalue weighted by molar-refractivity contribution is -0.120. The highest BCUT2D eigenvalue weighted by atomic mass is 16.5. The molecule has 0 unspecified atom stereocenters. The Kier molecular flexibility index (Phi) is 4.92. The van der Waals surface area contributed by atoms with Gasteiger partial charge in [0.25, 0.3) is 5.91 Å². The van der Waals surface area contributed by atoms with Gasteiger partial charge in [-0.05, 0) is 35.4 Å². The molecule has 3 aromatic carbocycles. The molecule has 0 spiro atoms. The Bertz CT molecular complexity index is 1220. The lowest BCUT2D eigenvalue weighted by Gasteiger charge is -2.37. The largest absolute Gasteiger partial charge is 0.489 e. The van der Waals surface area contributed by atoms with Crippen LogP contribution in [0.2, 0.25) is 0 Å². The van der Waals surface area contributed by atoms with Crippen LogP contribution in [0, 0.1) is 6.92 Å². The molecule has 0 aliphatic carbocycles. The van der Waals surface area contributed by atoms with Gasteiger partial charge in [0, 0.05) is 5.56 Å². The van der Waals surface area contributed by atoms with Crippen LogP contribution in [0.15, 0.2) is 78.9 Å². The van der Waals surface area contributed by atoms with Crippen molar-refractivity contribution >= 4 is 11.6 Å². The summed E-state index contributed by atoms with van der Waals surface area (Å²) in [5, 5.41) is 12.7. The number of hydrogen-bond donors (Lipinski definition) is 0. The van der Waals surface area contributed by atoms with Gasteiger partial charge < -0.3 is 4.74 Å². The van der Waals surface area contributed by atoms with Crippen LogP contribution in [0.4, 0.5) is 5.69 Å². The number of para-hydroxylation sites is 2. The number of amides is 1. The van der Waals surface area contributed by atoms with Crippen LogP contribution in [0.25, 0.3) is 11.4 Å². The monoisotopic (exact) mass is 411 g/mol. The second-order valence-corrected chi connectivity index (χ2v) is 7.43. The highest BCUT2D eigenvalue weighted by Gasteiger charge is 2.33. The molecule has 31 heavy (non-hydrogen) atoms. The number of aryl methyl sites for hydroxylation is 1. The van der Waals surface area contributed by atoms with Crippen molar-refractivity contribution in [1.82, 2.24) is 20.2 Å². The Morgan fingerprint density at radius 1 is 1.00 bits per heavy atom. The average molecular weight is 411 g/mol. The second-order valence-electron chi connectivity index (χ2n) is 7.43. The number of benzene rings is 3. The Hall–Kier alpha value is -4.00. The molecule has 7 heteroatoms. The minimum Gasteiger partial charge on any atom is -0.489 e. The smallest absolute Gasteiger partial charge is 0.251 e. The van der Waals surface area contributed by atoms with Crippen LogP contribution in [-0.4, -0.2) is 32.7 Å². The van der Waals surface area contributed by atoms with Crippen molar-refractivity contribution in [1.29, 1.82) is 0 Å². The van der Waals surface area contributed by atoms with Crippen LogP contribution in [0.1, 0.15) is 17.2 Å². The predicted molar refractivity (Wildman–Crippen MR) is 117 cm³/mol. The van der Waals surface area contributed by atoms with Crippen molar-refractivity contribution in [3.8, 4) is 17.1 Å². The standard InChI is InChI=1S/C24H21N5O2/c1-17-9-5-6-12-19(17)24-25-27-28(26-24)15-23(30)29-20-13-7-8-14-22(20)31-16-21(29)18-10-3-2-4-11-18/h2-14,21H,15-16H2,1H3/t21-/m1/s1. The highest BCUT2D eigenvalue weighted by molar-refractivity contribution is 5.96. The Balaban J connectivity index is 1.46. The van der Waals surface area contributed by atoms with Crippen LogP contribution in [-0.2, 0) is 11.3 Å². The van der Waals surface area contributed by atoms with Gasteiger partial charge >= 0.3 is 0 Å². The van der Waals surface area contributed by atoms with Crippen molar-refractivity contribution in [3.05, 3.63) is 90.0 Å². The van der Waals surface area contributed by atoms with Gasteiger partial charge in [-0.1, -0.05) is 66.7 Å². The summed E-state index contributed by atoms with van der Waals surface area (Å²) >= 11 is 0. The molecule has 1 amide bonds. The summed E-state index contributed by atoms with van der Waals surface area (Å²) in [5.74, 6) is 1.07. The van der Waals surface area contributed by atoms with Crippen molar-refractivity contribution in [2.24, 2.45) is 0 Å². The van der Waals surface area contributed by atoms with E-state index in [1.54, 1.807) is 4.90 Å². The van der Waals surface area contributed by atoms with Crippen molar-refractivity contribution in [2.75, 3.05) is 11.5 Å². The van der Waals surface area contributed by atoms with Crippen LogP contribution < -0.4 is 9.64 Å². The van der Waals surface area contributed by atoms with Gasteiger partial charge in [-0.25, -0.2) is 0 Å². The number of rotatable bonds is 4. The molecule has 154 valence electrons. The third-order valence-electron chi connectivity index (χ3n) is 5.40. The molecule has 5 rings (SSSR count). The summed E-state index contributed by atoms with van der Waals surface area (Å²) in [6.07, 6.45) is 0. The number of ether oxygens (including phenoxy) is 1. The SMILES string of the molecule is Cc1ccccc1-c1nnn(CC(=O)N2c3ccccc3OC[C@@H]2c2ccccc2)n1. The first-order valence-electron chi connectivity index (χ1n) is 10.1. The molecule has 4 aromatic rings. The number of carbonyl (C=O) groups is 1. The van der Waals surface area contributed by atoms with Gasteiger partial charge in [0.2, 0.25) is 5.82 Å². The van der Waals surface area contributed by atoms with Gasteiger partial charge in [-0.2, -0.15) is 4.80 Å². The molecule has 1 aliphatic heterocycles. The molecule has 0 N–H and O–H groups in total. The number of aromatic nitrogens is 4. The minimum absolute atomic E-state index is 0.0173. The fourth-order valence-electron chi connectivity index (χ4n) is 3.86. The molecule has 1 aromatic heterocycles. The second kappa shape index (κ2) is 8.02. The van der Waals surface area contributed by atoms with Crippen molar-refractivity contribution < 1.29 is 9.53 Å². The molecule has 0 saturated heterocycles. The van der Waals surface area contributed by atoms with E-state index in [4.69, 9.17) is 4.74 Å². The Morgan fingerprint density at radius 3 is 2.58 bits per heavy atom. The van der Waals surface area contributed by atoms with Gasteiger partial charge in [0.05, 0.1) is 11.7 Å². The van der Waals surface area contributed by atoms with E-state index in [-0.39, 0.29) is 18.5 Å². The maximum absolute atomic E-state index is 13.5. The molecule has 0 bridgehead atoms. The number of fused-ring (bicyclic) bond motifs is 1. The first-order chi connectivity index (χ1) is 15.2. The third kappa shape index (κ3) is 3.66. The van der Waals surface area contributed by atoms with Crippen molar-refractivity contribution in [3.63, 3.8) is 0 Å². The van der Waals surface area contributed by atoms with E-state index in [0.717, 1.165) is 22.4 Å². The molecule has 2 heterocycles. The van der Waals surface area contributed by atoms with E-state index in [0.29, 0.717) is 18.2 Å². The lowest BCUT2D eigenvalue weighted by atomic mass is 10.0. The number of nitrogens with zero attached hydrogens (tertiary/aromatic N) is 5. The first kappa shape index (κ1) is 19.0. The molecule has 1 atom stereocenters. The molecule has 1 aliphatic rings. The molecule has 0 saturated carbocycles. The molecular weight excluding hydrogens is 390 g/mol. The number of hydrogen-bond acceptors (Lipinski definition) is 5. The summed E-state index contributed by atoms with van der Waals surface area (Å²) < 4.78 is 5.95. The summed E-state index contributed by atoms with van der Waals surface area (Å²) in [5.41, 5.74) is 3.71. The number of tetrazole rings is 1.